The Kier molecular flexibility index (Phi) is 7.70. The zero-order valence-electron chi connectivity index (χ0n) is 16.1. The second kappa shape index (κ2) is 10.4. The molecule has 1 heterocycles. The number of hydrogen-bond acceptors (Lipinski definition) is 6. The first-order chi connectivity index (χ1) is 14.5. The molecule has 0 bridgehead atoms. The Morgan fingerprint density at radius 1 is 0.933 bits per heavy atom. The first-order valence-electron chi connectivity index (χ1n) is 9.49. The van der Waals surface area contributed by atoms with E-state index in [0.717, 1.165) is 23.5 Å². The summed E-state index contributed by atoms with van der Waals surface area (Å²) in [6.45, 7) is 0.337. The summed E-state index contributed by atoms with van der Waals surface area (Å²) in [4.78, 5) is 51.1. The van der Waals surface area contributed by atoms with Crippen molar-refractivity contribution in [1.29, 1.82) is 0 Å². The molecule has 3 rings (SSSR count). The van der Waals surface area contributed by atoms with Crippen LogP contribution in [0.5, 0.6) is 0 Å². The Hall–Kier alpha value is -2.58. The van der Waals surface area contributed by atoms with Crippen molar-refractivity contribution in [2.75, 3.05) is 12.3 Å². The maximum atomic E-state index is 13.1. The van der Waals surface area contributed by atoms with Crippen molar-refractivity contribution in [2.24, 2.45) is 0 Å². The summed E-state index contributed by atoms with van der Waals surface area (Å²) in [7, 11) is 0. The predicted octanol–water partition coefficient (Wildman–Crippen LogP) is 3.58. The highest BCUT2D eigenvalue weighted by Crippen LogP contribution is 2.28. The summed E-state index contributed by atoms with van der Waals surface area (Å²) in [6, 6.07) is 16.4. The highest BCUT2D eigenvalue weighted by Gasteiger charge is 2.38. The lowest BCUT2D eigenvalue weighted by molar-refractivity contribution is -0.147. The van der Waals surface area contributed by atoms with Gasteiger partial charge in [-0.3, -0.25) is 14.4 Å². The van der Waals surface area contributed by atoms with Gasteiger partial charge in [0.05, 0.1) is 0 Å². The van der Waals surface area contributed by atoms with Crippen LogP contribution in [0.2, 0.25) is 0 Å². The van der Waals surface area contributed by atoms with Crippen molar-refractivity contribution in [3.63, 3.8) is 0 Å². The van der Waals surface area contributed by atoms with Gasteiger partial charge in [0.25, 0.3) is 0 Å². The van der Waals surface area contributed by atoms with Gasteiger partial charge in [-0.05, 0) is 12.8 Å². The molecule has 2 aromatic carbocycles. The van der Waals surface area contributed by atoms with E-state index >= 15 is 0 Å². The van der Waals surface area contributed by atoms with Crippen LogP contribution in [0.15, 0.2) is 60.7 Å². The number of carboxylic acid groups (broad SMARTS) is 1. The average molecular weight is 444 g/mol. The molecule has 1 fully saturated rings. The molecule has 6 nitrogen and oxygen atoms in total. The second-order valence-corrected chi connectivity index (χ2v) is 8.92. The molecule has 1 aliphatic rings. The smallest absolute Gasteiger partial charge is 0.326 e. The van der Waals surface area contributed by atoms with Crippen LogP contribution in [-0.4, -0.2) is 55.7 Å². The lowest BCUT2D eigenvalue weighted by Gasteiger charge is -2.26. The number of benzene rings is 2. The van der Waals surface area contributed by atoms with Crippen molar-refractivity contribution in [1.82, 2.24) is 4.90 Å². The molecular formula is C22H21NO5S2. The third-order valence-corrected chi connectivity index (χ3v) is 7.04. The van der Waals surface area contributed by atoms with Crippen molar-refractivity contribution >= 4 is 45.6 Å². The number of thioether (sulfide) groups is 2. The first kappa shape index (κ1) is 22.1. The van der Waals surface area contributed by atoms with Gasteiger partial charge in [0.1, 0.15) is 11.3 Å². The van der Waals surface area contributed by atoms with E-state index in [1.807, 2.05) is 6.07 Å². The third-order valence-electron chi connectivity index (χ3n) is 4.73. The van der Waals surface area contributed by atoms with Crippen molar-refractivity contribution in [3.05, 3.63) is 71.8 Å². The standard InChI is InChI=1S/C22H21NO5S2/c24-19(23-13-7-12-17(23)20(25)26)18(30-22(28)16-10-5-2-6-11-16)14-29-21(27)15-8-3-1-4-9-15/h1-6,8-11,17-18H,7,12-14H2,(H,25,26)/t17?,18-/m0/s1. The molecule has 0 aromatic heterocycles. The lowest BCUT2D eigenvalue weighted by atomic mass is 10.2. The highest BCUT2D eigenvalue weighted by molar-refractivity contribution is 8.18. The fourth-order valence-corrected chi connectivity index (χ4v) is 5.20. The zero-order valence-corrected chi connectivity index (χ0v) is 17.7. The van der Waals surface area contributed by atoms with Crippen LogP contribution in [-0.2, 0) is 9.59 Å². The lowest BCUT2D eigenvalue weighted by Crippen LogP contribution is -2.45. The van der Waals surface area contributed by atoms with Gasteiger partial charge in [-0.2, -0.15) is 0 Å². The molecule has 1 unspecified atom stereocenters. The minimum absolute atomic E-state index is 0.0820. The van der Waals surface area contributed by atoms with E-state index in [1.165, 1.54) is 4.90 Å². The Labute approximate surface area is 183 Å². The Morgan fingerprint density at radius 2 is 1.50 bits per heavy atom. The first-order valence-corrected chi connectivity index (χ1v) is 11.4. The summed E-state index contributed by atoms with van der Waals surface area (Å²) in [5.74, 6) is -1.38. The monoisotopic (exact) mass is 443 g/mol. The molecule has 1 aliphatic heterocycles. The number of carbonyl (C=O) groups excluding carboxylic acids is 3. The van der Waals surface area contributed by atoms with Crippen LogP contribution in [0.25, 0.3) is 0 Å². The number of nitrogens with zero attached hydrogens (tertiary/aromatic N) is 1. The molecule has 0 aliphatic carbocycles. The normalized spacial score (nSPS) is 16.8. The Morgan fingerprint density at radius 3 is 2.07 bits per heavy atom. The number of hydrogen-bond donors (Lipinski definition) is 1. The van der Waals surface area contributed by atoms with Gasteiger partial charge < -0.3 is 10.0 Å². The number of carbonyl (C=O) groups is 4. The molecule has 30 heavy (non-hydrogen) atoms. The predicted molar refractivity (Wildman–Crippen MR) is 118 cm³/mol. The Bertz CT molecular complexity index is 920. The van der Waals surface area contributed by atoms with E-state index in [1.54, 1.807) is 54.6 Å². The molecule has 1 amide bonds. The molecule has 2 atom stereocenters. The van der Waals surface area contributed by atoms with E-state index in [-0.39, 0.29) is 16.0 Å². The molecule has 0 saturated carbocycles. The molecule has 1 N–H and O–H groups in total. The van der Waals surface area contributed by atoms with Gasteiger partial charge in [0, 0.05) is 23.4 Å². The van der Waals surface area contributed by atoms with E-state index in [4.69, 9.17) is 0 Å². The van der Waals surface area contributed by atoms with Crippen LogP contribution in [0.1, 0.15) is 33.6 Å². The van der Waals surface area contributed by atoms with Gasteiger partial charge in [0.15, 0.2) is 0 Å². The highest BCUT2D eigenvalue weighted by atomic mass is 32.2. The summed E-state index contributed by atoms with van der Waals surface area (Å²) in [5, 5.41) is 8.08. The van der Waals surface area contributed by atoms with Crippen LogP contribution in [0.4, 0.5) is 0 Å². The largest absolute Gasteiger partial charge is 0.480 e. The fraction of sp³-hybridized carbons (Fsp3) is 0.273. The SMILES string of the molecule is O=C(SC[C@H](SC(=O)c1ccccc1)C(=O)N1CCCC1C(=O)O)c1ccccc1. The van der Waals surface area contributed by atoms with Crippen LogP contribution in [0.3, 0.4) is 0 Å². The molecule has 0 radical (unpaired) electrons. The molecule has 0 spiro atoms. The van der Waals surface area contributed by atoms with Gasteiger partial charge in [-0.25, -0.2) is 4.79 Å². The van der Waals surface area contributed by atoms with E-state index < -0.39 is 23.2 Å². The number of aliphatic carboxylic acids is 1. The summed E-state index contributed by atoms with van der Waals surface area (Å²) < 4.78 is 0. The quantitative estimate of drug-likeness (QED) is 0.699. The zero-order chi connectivity index (χ0) is 21.5. The van der Waals surface area contributed by atoms with Crippen molar-refractivity contribution in [3.8, 4) is 0 Å². The second-order valence-electron chi connectivity index (χ2n) is 6.75. The van der Waals surface area contributed by atoms with E-state index in [2.05, 4.69) is 0 Å². The van der Waals surface area contributed by atoms with Gasteiger partial charge in [-0.1, -0.05) is 84.2 Å². The van der Waals surface area contributed by atoms with Gasteiger partial charge >= 0.3 is 5.97 Å². The number of rotatable bonds is 7. The Balaban J connectivity index is 1.75. The number of carboxylic acids is 1. The summed E-state index contributed by atoms with van der Waals surface area (Å²) >= 11 is 1.81. The molecule has 8 heteroatoms. The van der Waals surface area contributed by atoms with Crippen molar-refractivity contribution < 1.29 is 24.3 Å². The summed E-state index contributed by atoms with van der Waals surface area (Å²) in [6.07, 6.45) is 0.990. The molecular weight excluding hydrogens is 422 g/mol. The number of likely N-dealkylation sites (tertiary alicyclic amines) is 1. The maximum Gasteiger partial charge on any atom is 0.326 e. The van der Waals surface area contributed by atoms with Crippen LogP contribution < -0.4 is 0 Å². The third kappa shape index (κ3) is 5.52. The average Bonchev–Trinajstić information content (AvgIpc) is 3.27. The molecule has 156 valence electrons. The molecule has 2 aromatic rings. The minimum Gasteiger partial charge on any atom is -0.480 e. The topological polar surface area (TPSA) is 91.8 Å². The van der Waals surface area contributed by atoms with Crippen molar-refractivity contribution in [2.45, 2.75) is 24.1 Å². The number of amides is 1. The van der Waals surface area contributed by atoms with Crippen LogP contribution >= 0.6 is 23.5 Å². The fourth-order valence-electron chi connectivity index (χ4n) is 3.21. The van der Waals surface area contributed by atoms with Crippen LogP contribution in [0, 0.1) is 0 Å². The van der Waals surface area contributed by atoms with E-state index in [0.29, 0.717) is 30.5 Å². The minimum atomic E-state index is -1.05. The summed E-state index contributed by atoms with van der Waals surface area (Å²) in [5.41, 5.74) is 0.966. The van der Waals surface area contributed by atoms with Gasteiger partial charge in [0.2, 0.25) is 16.1 Å². The van der Waals surface area contributed by atoms with E-state index in [9.17, 15) is 24.3 Å². The van der Waals surface area contributed by atoms with Gasteiger partial charge in [-0.15, -0.1) is 0 Å². The molecule has 1 saturated heterocycles. The maximum absolute atomic E-state index is 13.1.